The van der Waals surface area contributed by atoms with Gasteiger partial charge in [-0.05, 0) is 66.9 Å². The van der Waals surface area contributed by atoms with Gasteiger partial charge < -0.3 is 4.43 Å². The molecule has 1 unspecified atom stereocenters. The van der Waals surface area contributed by atoms with Gasteiger partial charge in [-0.2, -0.15) is 5.26 Å². The van der Waals surface area contributed by atoms with E-state index in [0.717, 1.165) is 10.6 Å². The first kappa shape index (κ1) is 32.3. The highest BCUT2D eigenvalue weighted by molar-refractivity contribution is 7.92. The molecule has 0 amide bonds. The Kier molecular flexibility index (Phi) is 10.3. The van der Waals surface area contributed by atoms with Crippen LogP contribution in [-0.2, 0) is 19.2 Å². The fourth-order valence-electron chi connectivity index (χ4n) is 3.41. The molecule has 1 atom stereocenters. The molecule has 0 bridgehead atoms. The van der Waals surface area contributed by atoms with E-state index in [1.165, 1.54) is 25.3 Å². The molecule has 0 aliphatic heterocycles. The van der Waals surface area contributed by atoms with Crippen molar-refractivity contribution in [2.24, 2.45) is 0 Å². The van der Waals surface area contributed by atoms with Gasteiger partial charge in [0.1, 0.15) is 11.9 Å². The smallest absolute Gasteiger partial charge is 0.239 e. The monoisotopic (exact) mass is 574 g/mol. The van der Waals surface area contributed by atoms with Gasteiger partial charge in [0.2, 0.25) is 16.0 Å². The number of hydrogen-bond acceptors (Lipinski definition) is 7. The lowest BCUT2D eigenvalue weighted by Gasteiger charge is -2.37. The van der Waals surface area contributed by atoms with E-state index >= 15 is 0 Å². The van der Waals surface area contributed by atoms with Crippen LogP contribution in [0, 0.1) is 17.1 Å². The van der Waals surface area contributed by atoms with Crippen molar-refractivity contribution in [3.8, 4) is 17.3 Å². The van der Waals surface area contributed by atoms with Crippen LogP contribution >= 0.6 is 0 Å². The molecule has 0 aliphatic rings. The van der Waals surface area contributed by atoms with Gasteiger partial charge in [-0.3, -0.25) is 4.79 Å². The van der Waals surface area contributed by atoms with Crippen LogP contribution in [0.15, 0.2) is 30.3 Å². The molecule has 8 nitrogen and oxygen atoms in total. The third kappa shape index (κ3) is 8.52. The number of rotatable bonds is 11. The number of allylic oxidation sites excluding steroid dienone is 1. The summed E-state index contributed by atoms with van der Waals surface area (Å²) in [4.78, 5) is 21.9. The summed E-state index contributed by atoms with van der Waals surface area (Å²) in [6.07, 6.45) is 3.77. The molecular weight excluding hydrogens is 535 g/mol. The molecule has 0 radical (unpaired) electrons. The minimum absolute atomic E-state index is 0.0244. The summed E-state index contributed by atoms with van der Waals surface area (Å²) in [7, 11) is -4.45. The van der Waals surface area contributed by atoms with E-state index in [-0.39, 0.29) is 35.5 Å². The minimum atomic E-state index is -3.64. The van der Waals surface area contributed by atoms with Crippen molar-refractivity contribution in [3.63, 3.8) is 0 Å². The minimum Gasteiger partial charge on any atom is -0.401 e. The topological polar surface area (TPSA) is 113 Å². The second-order valence-electron chi connectivity index (χ2n) is 11.4. The number of benzene rings is 1. The largest absolute Gasteiger partial charge is 0.401 e. The highest BCUT2D eigenvalue weighted by Crippen LogP contribution is 2.37. The molecule has 0 saturated heterocycles. The molecule has 2 aromatic rings. The van der Waals surface area contributed by atoms with Crippen molar-refractivity contribution in [3.05, 3.63) is 47.4 Å². The average molecular weight is 575 g/mol. The molecule has 212 valence electrons. The summed E-state index contributed by atoms with van der Waals surface area (Å²) in [6, 6.07) is 7.84. The molecule has 2 rings (SSSR count). The molecule has 0 saturated carbocycles. The second-order valence-corrected chi connectivity index (χ2v) is 18.2. The summed E-state index contributed by atoms with van der Waals surface area (Å²) < 4.78 is 45.2. The van der Waals surface area contributed by atoms with Gasteiger partial charge in [-0.1, -0.05) is 34.6 Å². The van der Waals surface area contributed by atoms with E-state index in [4.69, 9.17) is 4.43 Å². The molecule has 0 N–H and O–H groups in total. The first-order valence-electron chi connectivity index (χ1n) is 12.8. The molecule has 0 fully saturated rings. The summed E-state index contributed by atoms with van der Waals surface area (Å²) in [5, 5.41) is 9.55. The van der Waals surface area contributed by atoms with Crippen LogP contribution in [0.5, 0.6) is 0 Å². The zero-order valence-electron chi connectivity index (χ0n) is 24.2. The Bertz CT molecular complexity index is 1360. The van der Waals surface area contributed by atoms with Crippen LogP contribution in [0.1, 0.15) is 64.6 Å². The van der Waals surface area contributed by atoms with Gasteiger partial charge in [-0.15, -0.1) is 0 Å². The Balaban J connectivity index is 2.45. The lowest BCUT2D eigenvalue weighted by atomic mass is 9.97. The zero-order chi connectivity index (χ0) is 29.8. The van der Waals surface area contributed by atoms with Crippen molar-refractivity contribution in [2.75, 3.05) is 17.6 Å². The van der Waals surface area contributed by atoms with Crippen LogP contribution in [0.2, 0.25) is 18.1 Å². The van der Waals surface area contributed by atoms with Crippen LogP contribution in [0.4, 0.5) is 10.3 Å². The summed E-state index contributed by atoms with van der Waals surface area (Å²) in [5.41, 5.74) is 1.99. The predicted molar refractivity (Wildman–Crippen MR) is 156 cm³/mol. The molecule has 0 aliphatic carbocycles. The molecule has 1 aromatic heterocycles. The number of nitrogens with zero attached hydrogens (tertiary/aromatic N) is 4. The van der Waals surface area contributed by atoms with Crippen LogP contribution in [0.3, 0.4) is 0 Å². The maximum Gasteiger partial charge on any atom is 0.239 e. The first-order chi connectivity index (χ1) is 17.9. The predicted octanol–water partition coefficient (Wildman–Crippen LogP) is 6.08. The lowest BCUT2D eigenvalue weighted by molar-refractivity contribution is -0.114. The highest BCUT2D eigenvalue weighted by atomic mass is 32.2. The first-order valence-corrected chi connectivity index (χ1v) is 17.5. The van der Waals surface area contributed by atoms with Gasteiger partial charge >= 0.3 is 0 Å². The molecule has 1 aromatic carbocycles. The maximum atomic E-state index is 13.7. The Morgan fingerprint density at radius 1 is 1.21 bits per heavy atom. The van der Waals surface area contributed by atoms with Gasteiger partial charge in [0, 0.05) is 24.6 Å². The van der Waals surface area contributed by atoms with E-state index in [9.17, 15) is 22.9 Å². The standard InChI is InChI=1S/C28H39FN4O4SSi/c1-19(2)25-24(17-15-22(34)14-16-23(18-30)37-39(8,9)28(3,4)5)26(20-10-12-21(29)13-11-20)32-27(31-25)33(6)38(7,35)36/h10-13,15,17,19,23H,14,16H2,1-9H3. The third-order valence-electron chi connectivity index (χ3n) is 6.88. The number of carbonyl (C=O) groups is 1. The number of aromatic nitrogens is 2. The Morgan fingerprint density at radius 2 is 1.79 bits per heavy atom. The normalized spacial score (nSPS) is 13.5. The van der Waals surface area contributed by atoms with Crippen LogP contribution in [-0.4, -0.2) is 51.9 Å². The molecule has 39 heavy (non-hydrogen) atoms. The number of ketones is 1. The van der Waals surface area contributed by atoms with Crippen LogP contribution in [0.25, 0.3) is 17.3 Å². The van der Waals surface area contributed by atoms with Gasteiger partial charge in [-0.25, -0.2) is 27.1 Å². The highest BCUT2D eigenvalue weighted by Gasteiger charge is 2.39. The maximum absolute atomic E-state index is 13.7. The molecule has 0 spiro atoms. The fraction of sp³-hybridized carbons (Fsp3) is 0.500. The Hall–Kier alpha value is -2.94. The third-order valence-corrected chi connectivity index (χ3v) is 12.5. The Labute approximate surface area is 233 Å². The van der Waals surface area contributed by atoms with E-state index in [1.54, 1.807) is 18.2 Å². The summed E-state index contributed by atoms with van der Waals surface area (Å²) in [6.45, 7) is 14.2. The number of carbonyl (C=O) groups excluding carboxylic acids is 1. The number of anilines is 1. The van der Waals surface area contributed by atoms with E-state index < -0.39 is 30.3 Å². The van der Waals surface area contributed by atoms with Crippen molar-refractivity contribution in [1.29, 1.82) is 5.26 Å². The van der Waals surface area contributed by atoms with Crippen molar-refractivity contribution < 1.29 is 22.0 Å². The molecule has 11 heteroatoms. The average Bonchev–Trinajstić information content (AvgIpc) is 2.83. The molecular formula is C28H39FN4O4SSi. The number of hydrogen-bond donors (Lipinski definition) is 0. The quantitative estimate of drug-likeness (QED) is 0.236. The zero-order valence-corrected chi connectivity index (χ0v) is 26.1. The van der Waals surface area contributed by atoms with Crippen molar-refractivity contribution >= 4 is 36.1 Å². The van der Waals surface area contributed by atoms with Gasteiger partial charge in [0.25, 0.3) is 0 Å². The van der Waals surface area contributed by atoms with Crippen molar-refractivity contribution in [2.45, 2.75) is 77.6 Å². The lowest BCUT2D eigenvalue weighted by Crippen LogP contribution is -2.43. The summed E-state index contributed by atoms with van der Waals surface area (Å²) in [5.74, 6) is -0.797. The second kappa shape index (κ2) is 12.5. The Morgan fingerprint density at radius 3 is 2.28 bits per heavy atom. The van der Waals surface area contributed by atoms with Crippen LogP contribution < -0.4 is 4.31 Å². The fourth-order valence-corrected chi connectivity index (χ4v) is 5.02. The number of sulfonamides is 1. The van der Waals surface area contributed by atoms with E-state index in [0.29, 0.717) is 22.5 Å². The van der Waals surface area contributed by atoms with E-state index in [2.05, 4.69) is 49.9 Å². The van der Waals surface area contributed by atoms with Gasteiger partial charge in [0.15, 0.2) is 14.1 Å². The van der Waals surface area contributed by atoms with Crippen molar-refractivity contribution in [1.82, 2.24) is 9.97 Å². The van der Waals surface area contributed by atoms with E-state index in [1.807, 2.05) is 13.8 Å². The molecule has 1 heterocycles. The SMILES string of the molecule is CC(C)c1nc(N(C)S(C)(=O)=O)nc(-c2ccc(F)cc2)c1C=CC(=O)CCC(C#N)O[Si](C)(C)C(C)(C)C. The van der Waals surface area contributed by atoms with Gasteiger partial charge in [0.05, 0.1) is 23.7 Å². The number of nitriles is 1. The summed E-state index contributed by atoms with van der Waals surface area (Å²) >= 11 is 0. The number of halogens is 1.